The molecule has 2 aromatic rings. The van der Waals surface area contributed by atoms with E-state index in [9.17, 15) is 14.9 Å². The van der Waals surface area contributed by atoms with E-state index in [0.29, 0.717) is 23.6 Å². The number of para-hydroxylation sites is 1. The molecule has 1 N–H and O–H groups in total. The number of nitrogens with one attached hydrogen (secondary N) is 1. The molecular weight excluding hydrogens is 320 g/mol. The van der Waals surface area contributed by atoms with Gasteiger partial charge in [-0.1, -0.05) is 38.1 Å². The van der Waals surface area contributed by atoms with Gasteiger partial charge in [0.25, 0.3) is 0 Å². The van der Waals surface area contributed by atoms with Gasteiger partial charge in [0.05, 0.1) is 17.4 Å². The van der Waals surface area contributed by atoms with Crippen molar-refractivity contribution in [3.05, 3.63) is 63.7 Å². The topological polar surface area (TPSA) is 81.5 Å². The zero-order valence-corrected chi connectivity index (χ0v) is 14.2. The first-order chi connectivity index (χ1) is 12.0. The van der Waals surface area contributed by atoms with Gasteiger partial charge in [0.15, 0.2) is 0 Å². The van der Waals surface area contributed by atoms with Crippen molar-refractivity contribution in [2.75, 3.05) is 11.9 Å². The molecule has 0 radical (unpaired) electrons. The highest BCUT2D eigenvalue weighted by Gasteiger charge is 2.32. The normalized spacial score (nSPS) is 16.0. The predicted octanol–water partition coefficient (Wildman–Crippen LogP) is 4.22. The second-order valence-electron chi connectivity index (χ2n) is 6.41. The summed E-state index contributed by atoms with van der Waals surface area (Å²) in [4.78, 5) is 23.4. The number of rotatable bonds is 4. The summed E-state index contributed by atoms with van der Waals surface area (Å²) in [5.74, 6) is -0.0162. The third-order valence-corrected chi connectivity index (χ3v) is 4.41. The molecule has 0 saturated heterocycles. The minimum Gasteiger partial charge on any atom is -0.487 e. The van der Waals surface area contributed by atoms with E-state index < -0.39 is 10.8 Å². The highest BCUT2D eigenvalue weighted by molar-refractivity contribution is 5.96. The molecule has 1 atom stereocenters. The average Bonchev–Trinajstić information content (AvgIpc) is 2.60. The summed E-state index contributed by atoms with van der Waals surface area (Å²) in [6, 6.07) is 12.4. The number of carbonyl (C=O) groups excluding carboxylic acids is 1. The van der Waals surface area contributed by atoms with E-state index in [2.05, 4.69) is 19.2 Å². The predicted molar refractivity (Wildman–Crippen MR) is 95.1 cm³/mol. The molecule has 1 aliphatic heterocycles. The van der Waals surface area contributed by atoms with Gasteiger partial charge in [-0.25, -0.2) is 0 Å². The monoisotopic (exact) mass is 340 g/mol. The molecule has 1 amide bonds. The summed E-state index contributed by atoms with van der Waals surface area (Å²) in [5.41, 5.74) is 2.38. The van der Waals surface area contributed by atoms with E-state index in [0.717, 1.165) is 0 Å². The van der Waals surface area contributed by atoms with Crippen molar-refractivity contribution in [1.82, 2.24) is 0 Å². The van der Waals surface area contributed by atoms with Crippen LogP contribution in [0.25, 0.3) is 0 Å². The summed E-state index contributed by atoms with van der Waals surface area (Å²) in [6.45, 7) is 4.50. The van der Waals surface area contributed by atoms with Gasteiger partial charge in [-0.2, -0.15) is 0 Å². The molecule has 6 heteroatoms. The third-order valence-electron chi connectivity index (χ3n) is 4.41. The lowest BCUT2D eigenvalue weighted by Gasteiger charge is -2.24. The number of nitrogens with zero attached hydrogens (tertiary/aromatic N) is 1. The molecular formula is C19H20N2O4. The van der Waals surface area contributed by atoms with E-state index in [1.165, 1.54) is 11.6 Å². The first kappa shape index (κ1) is 17.0. The standard InChI is InChI=1S/C19H20N2O4/c1-12(2)13-6-8-14(9-7-13)20-19(22)16-10-11-25-18-15(16)4-3-5-17(18)21(23)24/h3-9,12,16H,10-11H2,1-2H3,(H,20,22). The molecule has 3 rings (SSSR count). The number of hydrogen-bond donors (Lipinski definition) is 1. The maximum absolute atomic E-state index is 12.7. The maximum atomic E-state index is 12.7. The van der Waals surface area contributed by atoms with Crippen molar-refractivity contribution in [2.45, 2.75) is 32.1 Å². The summed E-state index contributed by atoms with van der Waals surface area (Å²) >= 11 is 0. The van der Waals surface area contributed by atoms with Gasteiger partial charge in [-0.05, 0) is 30.0 Å². The lowest BCUT2D eigenvalue weighted by atomic mass is 9.91. The molecule has 6 nitrogen and oxygen atoms in total. The summed E-state index contributed by atoms with van der Waals surface area (Å²) in [5, 5.41) is 14.1. The molecule has 130 valence electrons. The largest absolute Gasteiger partial charge is 0.487 e. The highest BCUT2D eigenvalue weighted by Crippen LogP contribution is 2.40. The van der Waals surface area contributed by atoms with Crippen LogP contribution >= 0.6 is 0 Å². The van der Waals surface area contributed by atoms with Gasteiger partial charge in [0, 0.05) is 17.3 Å². The Morgan fingerprint density at radius 1 is 1.24 bits per heavy atom. The SMILES string of the molecule is CC(C)c1ccc(NC(=O)C2CCOc3c2cccc3[N+](=O)[O-])cc1. The zero-order valence-electron chi connectivity index (χ0n) is 14.2. The van der Waals surface area contributed by atoms with Crippen molar-refractivity contribution in [1.29, 1.82) is 0 Å². The Balaban J connectivity index is 1.82. The van der Waals surface area contributed by atoms with Gasteiger partial charge in [0.2, 0.25) is 11.7 Å². The Hall–Kier alpha value is -2.89. The van der Waals surface area contributed by atoms with Gasteiger partial charge in [-0.15, -0.1) is 0 Å². The number of carbonyl (C=O) groups is 1. The number of fused-ring (bicyclic) bond motifs is 1. The number of anilines is 1. The minimum absolute atomic E-state index is 0.101. The van der Waals surface area contributed by atoms with Crippen molar-refractivity contribution in [2.24, 2.45) is 0 Å². The Labute approximate surface area is 146 Å². The molecule has 0 fully saturated rings. The molecule has 0 spiro atoms. The van der Waals surface area contributed by atoms with Crippen LogP contribution in [0, 0.1) is 10.1 Å². The number of benzene rings is 2. The molecule has 0 aromatic heterocycles. The fraction of sp³-hybridized carbons (Fsp3) is 0.316. The Kier molecular flexibility index (Phi) is 4.70. The summed E-state index contributed by atoms with van der Waals surface area (Å²) < 4.78 is 5.47. The van der Waals surface area contributed by atoms with Crippen LogP contribution in [0.5, 0.6) is 5.75 Å². The molecule has 2 aromatic carbocycles. The molecule has 0 aliphatic carbocycles. The summed E-state index contributed by atoms with van der Waals surface area (Å²) in [6.07, 6.45) is 0.490. The third kappa shape index (κ3) is 3.47. The molecule has 0 bridgehead atoms. The van der Waals surface area contributed by atoms with Crippen LogP contribution in [-0.2, 0) is 4.79 Å². The molecule has 1 unspecified atom stereocenters. The van der Waals surface area contributed by atoms with Crippen LogP contribution in [0.1, 0.15) is 43.2 Å². The number of ether oxygens (including phenoxy) is 1. The Morgan fingerprint density at radius 3 is 2.60 bits per heavy atom. The van der Waals surface area contributed by atoms with Gasteiger partial charge >= 0.3 is 5.69 Å². The minimum atomic E-state index is -0.482. The van der Waals surface area contributed by atoms with Crippen LogP contribution < -0.4 is 10.1 Å². The first-order valence-electron chi connectivity index (χ1n) is 8.28. The fourth-order valence-corrected chi connectivity index (χ4v) is 3.01. The van der Waals surface area contributed by atoms with Gasteiger partial charge in [0.1, 0.15) is 0 Å². The highest BCUT2D eigenvalue weighted by atomic mass is 16.6. The summed E-state index contributed by atoms with van der Waals surface area (Å²) in [7, 11) is 0. The van der Waals surface area contributed by atoms with Crippen LogP contribution in [0.3, 0.4) is 0 Å². The zero-order chi connectivity index (χ0) is 18.0. The van der Waals surface area contributed by atoms with Crippen molar-refractivity contribution in [3.8, 4) is 5.75 Å². The van der Waals surface area contributed by atoms with E-state index in [-0.39, 0.29) is 24.0 Å². The average molecular weight is 340 g/mol. The van der Waals surface area contributed by atoms with Gasteiger partial charge < -0.3 is 10.1 Å². The molecule has 1 heterocycles. The second-order valence-corrected chi connectivity index (χ2v) is 6.41. The van der Waals surface area contributed by atoms with E-state index in [4.69, 9.17) is 4.74 Å². The first-order valence-corrected chi connectivity index (χ1v) is 8.28. The van der Waals surface area contributed by atoms with Crippen molar-refractivity contribution >= 4 is 17.3 Å². The van der Waals surface area contributed by atoms with Gasteiger partial charge in [-0.3, -0.25) is 14.9 Å². The molecule has 1 aliphatic rings. The van der Waals surface area contributed by atoms with Crippen LogP contribution in [0.15, 0.2) is 42.5 Å². The Bertz CT molecular complexity index is 800. The fourth-order valence-electron chi connectivity index (χ4n) is 3.01. The molecule has 0 saturated carbocycles. The smallest absolute Gasteiger partial charge is 0.311 e. The van der Waals surface area contributed by atoms with E-state index >= 15 is 0 Å². The quantitative estimate of drug-likeness (QED) is 0.667. The Morgan fingerprint density at radius 2 is 1.96 bits per heavy atom. The van der Waals surface area contributed by atoms with E-state index in [1.807, 2.05) is 24.3 Å². The lowest BCUT2D eigenvalue weighted by molar-refractivity contribution is -0.386. The molecule has 25 heavy (non-hydrogen) atoms. The van der Waals surface area contributed by atoms with E-state index in [1.54, 1.807) is 12.1 Å². The maximum Gasteiger partial charge on any atom is 0.311 e. The van der Waals surface area contributed by atoms with Crippen LogP contribution in [0.2, 0.25) is 0 Å². The number of nitro groups is 1. The number of amides is 1. The van der Waals surface area contributed by atoms with Crippen molar-refractivity contribution < 1.29 is 14.5 Å². The number of hydrogen-bond acceptors (Lipinski definition) is 4. The number of nitro benzene ring substituents is 1. The lowest BCUT2D eigenvalue weighted by Crippen LogP contribution is -2.26. The van der Waals surface area contributed by atoms with Crippen LogP contribution in [-0.4, -0.2) is 17.4 Å². The van der Waals surface area contributed by atoms with Crippen LogP contribution in [0.4, 0.5) is 11.4 Å². The van der Waals surface area contributed by atoms with Crippen molar-refractivity contribution in [3.63, 3.8) is 0 Å². The second kappa shape index (κ2) is 6.93.